The Kier molecular flexibility index (Phi) is 5.50. The van der Waals surface area contributed by atoms with Crippen LogP contribution in [0, 0.1) is 0 Å². The van der Waals surface area contributed by atoms with Crippen LogP contribution in [-0.2, 0) is 12.8 Å². The maximum Gasteiger partial charge on any atom is 0.201 e. The average molecular weight is 410 g/mol. The fourth-order valence-electron chi connectivity index (χ4n) is 2.92. The molecule has 0 aliphatic rings. The van der Waals surface area contributed by atoms with E-state index in [4.69, 9.17) is 0 Å². The molecule has 8 heteroatoms. The maximum atomic E-state index is 12.4. The zero-order chi connectivity index (χ0) is 22.0. The molecule has 8 nitrogen and oxygen atoms in total. The molecule has 3 rings (SSSR count). The summed E-state index contributed by atoms with van der Waals surface area (Å²) in [6.07, 6.45) is -0.169. The molecule has 0 radical (unpaired) electrons. The van der Waals surface area contributed by atoms with E-state index in [0.29, 0.717) is 11.1 Å². The molecule has 6 N–H and O–H groups in total. The number of carbonyl (C=O) groups is 2. The number of Topliss-reactive ketones (excluding diaryl/α,β-unsaturated/α-hetero) is 2. The van der Waals surface area contributed by atoms with Gasteiger partial charge in [0.1, 0.15) is 0 Å². The highest BCUT2D eigenvalue weighted by atomic mass is 16.3. The predicted octanol–water partition coefficient (Wildman–Crippen LogP) is 2.77. The monoisotopic (exact) mass is 410 g/mol. The summed E-state index contributed by atoms with van der Waals surface area (Å²) in [6, 6.07) is 11.1. The van der Waals surface area contributed by atoms with Crippen molar-refractivity contribution >= 4 is 11.6 Å². The molecule has 0 bridgehead atoms. The van der Waals surface area contributed by atoms with Crippen LogP contribution in [0.2, 0.25) is 0 Å². The molecule has 0 heterocycles. The van der Waals surface area contributed by atoms with Crippen LogP contribution in [0.4, 0.5) is 0 Å². The van der Waals surface area contributed by atoms with Crippen molar-refractivity contribution in [2.45, 2.75) is 12.8 Å². The van der Waals surface area contributed by atoms with E-state index in [1.807, 2.05) is 0 Å². The number of hydrogen-bond donors (Lipinski definition) is 6. The van der Waals surface area contributed by atoms with Gasteiger partial charge >= 0.3 is 0 Å². The van der Waals surface area contributed by atoms with Gasteiger partial charge in [0.25, 0.3) is 0 Å². The molecule has 0 saturated heterocycles. The molecule has 3 aromatic rings. The second kappa shape index (κ2) is 8.04. The lowest BCUT2D eigenvalue weighted by Gasteiger charge is -2.08. The Morgan fingerprint density at radius 3 is 1.17 bits per heavy atom. The second-order valence-electron chi connectivity index (χ2n) is 6.68. The molecular formula is C22H18O8. The number of phenols is 6. The number of hydrogen-bond acceptors (Lipinski definition) is 8. The Labute approximate surface area is 170 Å². The molecule has 0 aliphatic carbocycles. The summed E-state index contributed by atoms with van der Waals surface area (Å²) in [5, 5.41) is 57.4. The van der Waals surface area contributed by atoms with E-state index in [1.54, 1.807) is 24.3 Å². The first kappa shape index (κ1) is 20.5. The van der Waals surface area contributed by atoms with Gasteiger partial charge < -0.3 is 30.6 Å². The molecular weight excluding hydrogens is 392 g/mol. The molecule has 0 fully saturated rings. The van der Waals surface area contributed by atoms with Crippen LogP contribution in [0.3, 0.4) is 0 Å². The third-order valence-electron chi connectivity index (χ3n) is 4.61. The van der Waals surface area contributed by atoms with Crippen molar-refractivity contribution in [2.75, 3.05) is 0 Å². The van der Waals surface area contributed by atoms with E-state index in [-0.39, 0.29) is 24.0 Å². The van der Waals surface area contributed by atoms with Crippen molar-refractivity contribution in [1.82, 2.24) is 0 Å². The van der Waals surface area contributed by atoms with Crippen LogP contribution >= 0.6 is 0 Å². The van der Waals surface area contributed by atoms with Crippen molar-refractivity contribution in [3.8, 4) is 34.5 Å². The fraction of sp³-hybridized carbons (Fsp3) is 0.0909. The SMILES string of the molecule is O=C(Cc1ccc(CC(=O)c2ccc(O)c(O)c2O)cc1)c1ccc(O)c(O)c1O. The third-order valence-corrected chi connectivity index (χ3v) is 4.61. The van der Waals surface area contributed by atoms with Gasteiger partial charge in [-0.05, 0) is 35.4 Å². The second-order valence-corrected chi connectivity index (χ2v) is 6.68. The molecule has 30 heavy (non-hydrogen) atoms. The minimum Gasteiger partial charge on any atom is -0.504 e. The van der Waals surface area contributed by atoms with Crippen molar-refractivity contribution in [2.24, 2.45) is 0 Å². The Balaban J connectivity index is 1.71. The summed E-state index contributed by atoms with van der Waals surface area (Å²) in [6.45, 7) is 0. The van der Waals surface area contributed by atoms with Crippen molar-refractivity contribution in [3.63, 3.8) is 0 Å². The Bertz CT molecular complexity index is 1040. The molecule has 154 valence electrons. The van der Waals surface area contributed by atoms with Gasteiger partial charge in [-0.2, -0.15) is 0 Å². The predicted molar refractivity (Wildman–Crippen MR) is 105 cm³/mol. The number of phenolic OH excluding ortho intramolecular Hbond substituents is 6. The highest BCUT2D eigenvalue weighted by molar-refractivity contribution is 6.01. The Morgan fingerprint density at radius 1 is 0.500 bits per heavy atom. The van der Waals surface area contributed by atoms with Crippen molar-refractivity contribution in [3.05, 3.63) is 70.8 Å². The lowest BCUT2D eigenvalue weighted by atomic mass is 9.98. The van der Waals surface area contributed by atoms with Gasteiger partial charge in [0.05, 0.1) is 11.1 Å². The third kappa shape index (κ3) is 3.97. The normalized spacial score (nSPS) is 10.7. The standard InChI is InChI=1S/C22H18O8/c23-15-7-5-13(19(27)21(15)29)17(25)9-11-1-2-12(4-3-11)10-18(26)14-6-8-16(24)22(30)20(14)28/h1-8,23-24,27-30H,9-10H2. The molecule has 0 amide bonds. The van der Waals surface area contributed by atoms with E-state index in [9.17, 15) is 40.2 Å². The summed E-state index contributed by atoms with van der Waals surface area (Å²) in [7, 11) is 0. The van der Waals surface area contributed by atoms with Crippen LogP contribution in [0.5, 0.6) is 34.5 Å². The average Bonchev–Trinajstić information content (AvgIpc) is 2.71. The fourth-order valence-corrected chi connectivity index (χ4v) is 2.92. The smallest absolute Gasteiger partial charge is 0.201 e. The number of ketones is 2. The first-order valence-corrected chi connectivity index (χ1v) is 8.81. The van der Waals surface area contributed by atoms with E-state index in [2.05, 4.69) is 0 Å². The molecule has 0 spiro atoms. The van der Waals surface area contributed by atoms with E-state index >= 15 is 0 Å². The number of rotatable bonds is 6. The Hall–Kier alpha value is -4.20. The van der Waals surface area contributed by atoms with Gasteiger partial charge in [-0.3, -0.25) is 9.59 Å². The summed E-state index contributed by atoms with van der Waals surface area (Å²) < 4.78 is 0. The number of carbonyl (C=O) groups excluding carboxylic acids is 2. The topological polar surface area (TPSA) is 156 Å². The molecule has 0 atom stereocenters. The lowest BCUT2D eigenvalue weighted by molar-refractivity contribution is 0.0980. The summed E-state index contributed by atoms with van der Waals surface area (Å²) in [4.78, 5) is 24.7. The summed E-state index contributed by atoms with van der Waals surface area (Å²) in [5.74, 6) is -4.95. The van der Waals surface area contributed by atoms with E-state index in [0.717, 1.165) is 12.1 Å². The van der Waals surface area contributed by atoms with Crippen molar-refractivity contribution in [1.29, 1.82) is 0 Å². The molecule has 0 saturated carbocycles. The minimum absolute atomic E-state index is 0.0847. The van der Waals surface area contributed by atoms with Crippen LogP contribution in [0.15, 0.2) is 48.5 Å². The Morgan fingerprint density at radius 2 is 0.833 bits per heavy atom. The van der Waals surface area contributed by atoms with E-state index in [1.165, 1.54) is 12.1 Å². The molecule has 3 aromatic carbocycles. The van der Waals surface area contributed by atoms with Gasteiger partial charge in [-0.1, -0.05) is 24.3 Å². The van der Waals surface area contributed by atoms with Gasteiger partial charge in [0, 0.05) is 12.8 Å². The van der Waals surface area contributed by atoms with Crippen LogP contribution in [-0.4, -0.2) is 42.2 Å². The van der Waals surface area contributed by atoms with Crippen molar-refractivity contribution < 1.29 is 40.2 Å². The largest absolute Gasteiger partial charge is 0.504 e. The van der Waals surface area contributed by atoms with Gasteiger partial charge in [0.15, 0.2) is 34.6 Å². The van der Waals surface area contributed by atoms with Crippen LogP contribution in [0.1, 0.15) is 31.8 Å². The highest BCUT2D eigenvalue weighted by Gasteiger charge is 2.19. The number of benzene rings is 3. The highest BCUT2D eigenvalue weighted by Crippen LogP contribution is 2.38. The number of aromatic hydroxyl groups is 6. The minimum atomic E-state index is -0.766. The zero-order valence-corrected chi connectivity index (χ0v) is 15.5. The zero-order valence-electron chi connectivity index (χ0n) is 15.5. The van der Waals surface area contributed by atoms with Crippen LogP contribution in [0.25, 0.3) is 0 Å². The first-order valence-electron chi connectivity index (χ1n) is 8.81. The maximum absolute atomic E-state index is 12.4. The van der Waals surface area contributed by atoms with Gasteiger partial charge in [-0.15, -0.1) is 0 Å². The van der Waals surface area contributed by atoms with Gasteiger partial charge in [-0.25, -0.2) is 0 Å². The molecule has 0 unspecified atom stereocenters. The molecule has 0 aromatic heterocycles. The summed E-state index contributed by atoms with van der Waals surface area (Å²) >= 11 is 0. The van der Waals surface area contributed by atoms with E-state index < -0.39 is 46.1 Å². The van der Waals surface area contributed by atoms with Crippen LogP contribution < -0.4 is 0 Å². The van der Waals surface area contributed by atoms with Gasteiger partial charge in [0.2, 0.25) is 11.5 Å². The molecule has 0 aliphatic heterocycles. The first-order chi connectivity index (χ1) is 14.2. The quantitative estimate of drug-likeness (QED) is 0.268. The lowest BCUT2D eigenvalue weighted by Crippen LogP contribution is -2.06. The summed E-state index contributed by atoms with van der Waals surface area (Å²) in [5.41, 5.74) is 0.918.